The maximum absolute atomic E-state index is 9.25. The van der Waals surface area contributed by atoms with E-state index in [-0.39, 0.29) is 5.54 Å². The third kappa shape index (κ3) is 7.68. The van der Waals surface area contributed by atoms with Crippen molar-refractivity contribution >= 4 is 0 Å². The highest BCUT2D eigenvalue weighted by Gasteiger charge is 2.22. The van der Waals surface area contributed by atoms with E-state index in [1.54, 1.807) is 0 Å². The molecule has 3 heteroatoms. The Labute approximate surface area is 114 Å². The third-order valence-corrected chi connectivity index (χ3v) is 3.44. The van der Waals surface area contributed by atoms with E-state index in [1.807, 2.05) is 6.92 Å². The zero-order valence-electron chi connectivity index (χ0n) is 12.8. The van der Waals surface area contributed by atoms with Crippen LogP contribution in [0.15, 0.2) is 0 Å². The standard InChI is InChI=1S/C15H31N3/c1-5-8-12-18(7-3)13-9-10-15(4,14-16)17-11-6-2/h17H,5-13H2,1-4H3. The number of hydrogen-bond donors (Lipinski definition) is 1. The van der Waals surface area contributed by atoms with Gasteiger partial charge >= 0.3 is 0 Å². The fraction of sp³-hybridized carbons (Fsp3) is 0.933. The van der Waals surface area contributed by atoms with Crippen molar-refractivity contribution < 1.29 is 0 Å². The average Bonchev–Trinajstić information content (AvgIpc) is 2.40. The van der Waals surface area contributed by atoms with Crippen LogP contribution in [0.2, 0.25) is 0 Å². The Morgan fingerprint density at radius 1 is 1.11 bits per heavy atom. The molecule has 1 N–H and O–H groups in total. The summed E-state index contributed by atoms with van der Waals surface area (Å²) in [6, 6.07) is 2.42. The Hall–Kier alpha value is -0.590. The van der Waals surface area contributed by atoms with E-state index in [2.05, 4.69) is 37.1 Å². The van der Waals surface area contributed by atoms with Gasteiger partial charge in [-0.2, -0.15) is 5.26 Å². The number of rotatable bonds is 11. The Bertz CT molecular complexity index is 234. The van der Waals surface area contributed by atoms with Gasteiger partial charge in [-0.3, -0.25) is 5.32 Å². The van der Waals surface area contributed by atoms with E-state index in [4.69, 9.17) is 0 Å². The molecule has 0 radical (unpaired) electrons. The molecule has 0 rings (SSSR count). The fourth-order valence-electron chi connectivity index (χ4n) is 2.05. The van der Waals surface area contributed by atoms with Gasteiger partial charge in [-0.15, -0.1) is 0 Å². The molecule has 3 nitrogen and oxygen atoms in total. The lowest BCUT2D eigenvalue weighted by Crippen LogP contribution is -2.42. The summed E-state index contributed by atoms with van der Waals surface area (Å²) in [6.45, 7) is 13.0. The third-order valence-electron chi connectivity index (χ3n) is 3.44. The summed E-state index contributed by atoms with van der Waals surface area (Å²) in [5.74, 6) is 0. The van der Waals surface area contributed by atoms with Gasteiger partial charge in [-0.25, -0.2) is 0 Å². The van der Waals surface area contributed by atoms with E-state index in [0.29, 0.717) is 0 Å². The first-order valence-corrected chi connectivity index (χ1v) is 7.50. The van der Waals surface area contributed by atoms with Crippen molar-refractivity contribution in [3.8, 4) is 6.07 Å². The minimum atomic E-state index is -0.347. The number of hydrogen-bond acceptors (Lipinski definition) is 3. The SMILES string of the molecule is CCCCN(CC)CCCC(C)(C#N)NCCC. The molecule has 106 valence electrons. The minimum Gasteiger partial charge on any atom is -0.304 e. The molecule has 0 aliphatic heterocycles. The minimum absolute atomic E-state index is 0.347. The van der Waals surface area contributed by atoms with Crippen molar-refractivity contribution in [2.24, 2.45) is 0 Å². The van der Waals surface area contributed by atoms with E-state index in [9.17, 15) is 5.26 Å². The topological polar surface area (TPSA) is 39.1 Å². The van der Waals surface area contributed by atoms with Crippen LogP contribution in [0.4, 0.5) is 0 Å². The van der Waals surface area contributed by atoms with Crippen molar-refractivity contribution in [1.29, 1.82) is 5.26 Å². The zero-order chi connectivity index (χ0) is 13.9. The van der Waals surface area contributed by atoms with E-state index < -0.39 is 0 Å². The Balaban J connectivity index is 3.94. The van der Waals surface area contributed by atoms with E-state index >= 15 is 0 Å². The first-order valence-electron chi connectivity index (χ1n) is 7.50. The molecule has 0 heterocycles. The molecule has 0 aromatic carbocycles. The highest BCUT2D eigenvalue weighted by molar-refractivity contribution is 5.03. The highest BCUT2D eigenvalue weighted by atomic mass is 15.1. The molecule has 18 heavy (non-hydrogen) atoms. The summed E-state index contributed by atoms with van der Waals surface area (Å²) in [5, 5.41) is 12.6. The monoisotopic (exact) mass is 253 g/mol. The zero-order valence-corrected chi connectivity index (χ0v) is 12.8. The summed E-state index contributed by atoms with van der Waals surface area (Å²) >= 11 is 0. The maximum Gasteiger partial charge on any atom is 0.103 e. The molecule has 0 saturated heterocycles. The lowest BCUT2D eigenvalue weighted by molar-refractivity contribution is 0.265. The average molecular weight is 253 g/mol. The van der Waals surface area contributed by atoms with Crippen LogP contribution in [0.3, 0.4) is 0 Å². The lowest BCUT2D eigenvalue weighted by Gasteiger charge is -2.25. The van der Waals surface area contributed by atoms with Gasteiger partial charge in [0.15, 0.2) is 0 Å². The van der Waals surface area contributed by atoms with Crippen LogP contribution < -0.4 is 5.32 Å². The van der Waals surface area contributed by atoms with Gasteiger partial charge in [0.05, 0.1) is 6.07 Å². The van der Waals surface area contributed by atoms with Gasteiger partial charge < -0.3 is 4.90 Å². The normalized spacial score (nSPS) is 14.4. The Morgan fingerprint density at radius 3 is 2.28 bits per heavy atom. The molecular weight excluding hydrogens is 222 g/mol. The molecule has 0 aliphatic carbocycles. The van der Waals surface area contributed by atoms with Crippen molar-refractivity contribution in [2.45, 2.75) is 65.3 Å². The molecule has 0 aliphatic rings. The van der Waals surface area contributed by atoms with Crippen LogP contribution in [-0.4, -0.2) is 36.6 Å². The van der Waals surface area contributed by atoms with Crippen molar-refractivity contribution in [2.75, 3.05) is 26.2 Å². The largest absolute Gasteiger partial charge is 0.304 e. The Morgan fingerprint density at radius 2 is 1.78 bits per heavy atom. The second kappa shape index (κ2) is 10.3. The summed E-state index contributed by atoms with van der Waals surface area (Å²) in [5.41, 5.74) is -0.347. The van der Waals surface area contributed by atoms with Crippen LogP contribution in [0.25, 0.3) is 0 Å². The molecule has 0 aromatic heterocycles. The molecule has 0 spiro atoms. The summed E-state index contributed by atoms with van der Waals surface area (Å²) < 4.78 is 0. The molecule has 0 fully saturated rings. The second-order valence-corrected chi connectivity index (χ2v) is 5.26. The van der Waals surface area contributed by atoms with Gasteiger partial charge in [0.1, 0.15) is 5.54 Å². The van der Waals surface area contributed by atoms with Crippen molar-refractivity contribution in [3.63, 3.8) is 0 Å². The summed E-state index contributed by atoms with van der Waals surface area (Å²) in [7, 11) is 0. The molecule has 1 unspecified atom stereocenters. The van der Waals surface area contributed by atoms with Crippen LogP contribution in [0.5, 0.6) is 0 Å². The van der Waals surface area contributed by atoms with E-state index in [0.717, 1.165) is 38.9 Å². The van der Waals surface area contributed by atoms with Crippen LogP contribution in [0, 0.1) is 11.3 Å². The maximum atomic E-state index is 9.25. The van der Waals surface area contributed by atoms with Gasteiger partial charge in [-0.05, 0) is 58.8 Å². The van der Waals surface area contributed by atoms with E-state index in [1.165, 1.54) is 19.4 Å². The molecule has 0 amide bonds. The quantitative estimate of drug-likeness (QED) is 0.615. The number of nitrogens with zero attached hydrogens (tertiary/aromatic N) is 2. The smallest absolute Gasteiger partial charge is 0.103 e. The molecular formula is C15H31N3. The first kappa shape index (κ1) is 17.4. The van der Waals surface area contributed by atoms with Crippen LogP contribution in [0.1, 0.15) is 59.8 Å². The number of nitriles is 1. The van der Waals surface area contributed by atoms with Gasteiger partial charge in [0.25, 0.3) is 0 Å². The summed E-state index contributed by atoms with van der Waals surface area (Å²) in [4.78, 5) is 2.49. The van der Waals surface area contributed by atoms with Gasteiger partial charge in [0, 0.05) is 0 Å². The fourth-order valence-corrected chi connectivity index (χ4v) is 2.05. The predicted molar refractivity (Wildman–Crippen MR) is 78.6 cm³/mol. The predicted octanol–water partition coefficient (Wildman–Crippen LogP) is 3.17. The van der Waals surface area contributed by atoms with Crippen molar-refractivity contribution in [1.82, 2.24) is 10.2 Å². The highest BCUT2D eigenvalue weighted by Crippen LogP contribution is 2.12. The van der Waals surface area contributed by atoms with Crippen LogP contribution in [-0.2, 0) is 0 Å². The van der Waals surface area contributed by atoms with Crippen LogP contribution >= 0.6 is 0 Å². The van der Waals surface area contributed by atoms with Gasteiger partial charge in [0.2, 0.25) is 0 Å². The lowest BCUT2D eigenvalue weighted by atomic mass is 9.97. The number of nitrogens with one attached hydrogen (secondary N) is 1. The van der Waals surface area contributed by atoms with Crippen molar-refractivity contribution in [3.05, 3.63) is 0 Å². The van der Waals surface area contributed by atoms with Gasteiger partial charge in [-0.1, -0.05) is 27.2 Å². The molecule has 0 bridgehead atoms. The summed E-state index contributed by atoms with van der Waals surface area (Å²) in [6.07, 6.45) is 5.64. The second-order valence-electron chi connectivity index (χ2n) is 5.26. The Kier molecular flexibility index (Phi) is 10.0. The molecule has 0 saturated carbocycles. The first-order chi connectivity index (χ1) is 8.61. The molecule has 1 atom stereocenters. The number of unbranched alkanes of at least 4 members (excludes halogenated alkanes) is 1. The molecule has 0 aromatic rings.